The Kier molecular flexibility index (Phi) is 2.92. The molecule has 0 aliphatic heterocycles. The summed E-state index contributed by atoms with van der Waals surface area (Å²) in [5.41, 5.74) is 2.26. The lowest BCUT2D eigenvalue weighted by molar-refractivity contribution is 0.509. The van der Waals surface area contributed by atoms with Crippen molar-refractivity contribution in [3.05, 3.63) is 44.6 Å². The Bertz CT molecular complexity index is 847. The average Bonchev–Trinajstić information content (AvgIpc) is 3.05. The molecule has 3 aromatic heterocycles. The number of nitrogens with zero attached hydrogens (tertiary/aromatic N) is 2. The van der Waals surface area contributed by atoms with Crippen LogP contribution >= 0.6 is 11.3 Å². The highest BCUT2D eigenvalue weighted by Crippen LogP contribution is 2.35. The van der Waals surface area contributed by atoms with E-state index in [9.17, 15) is 4.79 Å². The quantitative estimate of drug-likeness (QED) is 0.763. The summed E-state index contributed by atoms with van der Waals surface area (Å²) in [7, 11) is 0. The standard InChI is InChI=1S/C15H16N4OS/c1-8-2-3-10-11(4-8)21-15-13(10)14(20)18-12(19-15)5-9-6-16-17-7-9/h6-8H,2-5H2,1H3,(H,16,17)(H,18,19,20)/t8-/m0/s1. The third kappa shape index (κ3) is 2.19. The Balaban J connectivity index is 1.82. The largest absolute Gasteiger partial charge is 0.310 e. The van der Waals surface area contributed by atoms with Gasteiger partial charge in [-0.1, -0.05) is 6.92 Å². The first kappa shape index (κ1) is 12.8. The Morgan fingerprint density at radius 2 is 2.38 bits per heavy atom. The van der Waals surface area contributed by atoms with Crippen molar-refractivity contribution in [1.82, 2.24) is 20.2 Å². The normalized spacial score (nSPS) is 18.0. The highest BCUT2D eigenvalue weighted by atomic mass is 32.1. The first-order chi connectivity index (χ1) is 10.2. The van der Waals surface area contributed by atoms with Crippen LogP contribution in [0.15, 0.2) is 17.2 Å². The summed E-state index contributed by atoms with van der Waals surface area (Å²) < 4.78 is 0. The predicted molar refractivity (Wildman–Crippen MR) is 82.8 cm³/mol. The van der Waals surface area contributed by atoms with E-state index in [0.29, 0.717) is 18.2 Å². The van der Waals surface area contributed by atoms with Gasteiger partial charge in [0, 0.05) is 17.5 Å². The van der Waals surface area contributed by atoms with Crippen LogP contribution in [0.1, 0.15) is 35.2 Å². The molecule has 0 unspecified atom stereocenters. The van der Waals surface area contributed by atoms with Crippen LogP contribution in [0.25, 0.3) is 10.2 Å². The maximum atomic E-state index is 12.4. The van der Waals surface area contributed by atoms with Crippen molar-refractivity contribution < 1.29 is 0 Å². The number of aromatic amines is 2. The molecule has 0 saturated heterocycles. The maximum Gasteiger partial charge on any atom is 0.259 e. The number of hydrogen-bond acceptors (Lipinski definition) is 4. The van der Waals surface area contributed by atoms with E-state index in [-0.39, 0.29) is 5.56 Å². The van der Waals surface area contributed by atoms with Gasteiger partial charge in [0.05, 0.1) is 11.6 Å². The van der Waals surface area contributed by atoms with Gasteiger partial charge in [-0.15, -0.1) is 11.3 Å². The Labute approximate surface area is 125 Å². The van der Waals surface area contributed by atoms with Gasteiger partial charge < -0.3 is 4.98 Å². The van der Waals surface area contributed by atoms with Crippen LogP contribution in [-0.4, -0.2) is 20.2 Å². The number of nitrogens with one attached hydrogen (secondary N) is 2. The second-order valence-electron chi connectivity index (χ2n) is 5.83. The molecular weight excluding hydrogens is 284 g/mol. The van der Waals surface area contributed by atoms with E-state index in [4.69, 9.17) is 0 Å². The molecule has 5 nitrogen and oxygen atoms in total. The number of thiophene rings is 1. The average molecular weight is 300 g/mol. The molecule has 0 bridgehead atoms. The highest BCUT2D eigenvalue weighted by molar-refractivity contribution is 7.18. The van der Waals surface area contributed by atoms with Crippen LogP contribution in [0.3, 0.4) is 0 Å². The van der Waals surface area contributed by atoms with Crippen molar-refractivity contribution in [2.24, 2.45) is 5.92 Å². The van der Waals surface area contributed by atoms with Crippen LogP contribution in [-0.2, 0) is 19.3 Å². The monoisotopic (exact) mass is 300 g/mol. The Hall–Kier alpha value is -1.95. The second kappa shape index (κ2) is 4.80. The van der Waals surface area contributed by atoms with E-state index in [2.05, 4.69) is 27.1 Å². The molecule has 0 spiro atoms. The van der Waals surface area contributed by atoms with E-state index in [1.165, 1.54) is 10.4 Å². The zero-order valence-electron chi connectivity index (χ0n) is 11.8. The van der Waals surface area contributed by atoms with Crippen LogP contribution in [0.5, 0.6) is 0 Å². The fraction of sp³-hybridized carbons (Fsp3) is 0.400. The molecule has 1 atom stereocenters. The zero-order chi connectivity index (χ0) is 14.4. The number of aromatic nitrogens is 4. The number of fused-ring (bicyclic) bond motifs is 3. The predicted octanol–water partition coefficient (Wildman–Crippen LogP) is 2.42. The molecule has 21 heavy (non-hydrogen) atoms. The van der Waals surface area contributed by atoms with E-state index in [0.717, 1.165) is 35.0 Å². The lowest BCUT2D eigenvalue weighted by atomic mass is 9.89. The van der Waals surface area contributed by atoms with E-state index >= 15 is 0 Å². The summed E-state index contributed by atoms with van der Waals surface area (Å²) in [4.78, 5) is 22.3. The fourth-order valence-electron chi connectivity index (χ4n) is 3.04. The zero-order valence-corrected chi connectivity index (χ0v) is 12.6. The van der Waals surface area contributed by atoms with Gasteiger partial charge in [-0.05, 0) is 36.3 Å². The molecule has 1 aliphatic carbocycles. The number of H-pyrrole nitrogens is 2. The molecule has 4 rings (SSSR count). The molecule has 6 heteroatoms. The molecule has 0 fully saturated rings. The van der Waals surface area contributed by atoms with Gasteiger partial charge in [-0.2, -0.15) is 5.10 Å². The van der Waals surface area contributed by atoms with Gasteiger partial charge in [-0.25, -0.2) is 4.98 Å². The van der Waals surface area contributed by atoms with Crippen LogP contribution in [0.2, 0.25) is 0 Å². The van der Waals surface area contributed by atoms with Gasteiger partial charge in [0.2, 0.25) is 0 Å². The van der Waals surface area contributed by atoms with Gasteiger partial charge in [0.15, 0.2) is 0 Å². The Morgan fingerprint density at radius 3 is 3.19 bits per heavy atom. The fourth-order valence-corrected chi connectivity index (χ4v) is 4.45. The smallest absolute Gasteiger partial charge is 0.259 e. The minimum atomic E-state index is 0.00514. The topological polar surface area (TPSA) is 74.4 Å². The summed E-state index contributed by atoms with van der Waals surface area (Å²) in [6.45, 7) is 2.27. The summed E-state index contributed by atoms with van der Waals surface area (Å²) >= 11 is 1.69. The minimum absolute atomic E-state index is 0.00514. The number of aryl methyl sites for hydroxylation is 1. The molecule has 0 saturated carbocycles. The molecule has 108 valence electrons. The van der Waals surface area contributed by atoms with Crippen molar-refractivity contribution in [2.45, 2.75) is 32.6 Å². The van der Waals surface area contributed by atoms with E-state index in [1.807, 2.05) is 6.20 Å². The van der Waals surface area contributed by atoms with Gasteiger partial charge >= 0.3 is 0 Å². The molecule has 0 amide bonds. The summed E-state index contributed by atoms with van der Waals surface area (Å²) in [5, 5.41) is 7.52. The van der Waals surface area contributed by atoms with Gasteiger partial charge in [0.1, 0.15) is 10.7 Å². The third-order valence-corrected chi connectivity index (χ3v) is 5.29. The molecule has 1 aliphatic rings. The van der Waals surface area contributed by atoms with Gasteiger partial charge in [-0.3, -0.25) is 9.89 Å². The number of rotatable bonds is 2. The summed E-state index contributed by atoms with van der Waals surface area (Å²) in [6.07, 6.45) is 7.42. The lowest BCUT2D eigenvalue weighted by Gasteiger charge is -2.17. The SMILES string of the molecule is C[C@H]1CCc2c(sc3nc(Cc4cn[nH]c4)[nH]c(=O)c23)C1. The Morgan fingerprint density at radius 1 is 1.48 bits per heavy atom. The highest BCUT2D eigenvalue weighted by Gasteiger charge is 2.22. The second-order valence-corrected chi connectivity index (χ2v) is 6.91. The van der Waals surface area contributed by atoms with Crippen molar-refractivity contribution in [1.29, 1.82) is 0 Å². The van der Waals surface area contributed by atoms with E-state index < -0.39 is 0 Å². The molecule has 3 aromatic rings. The summed E-state index contributed by atoms with van der Waals surface area (Å²) in [6, 6.07) is 0. The van der Waals surface area contributed by atoms with Crippen molar-refractivity contribution >= 4 is 21.6 Å². The first-order valence-electron chi connectivity index (χ1n) is 7.22. The van der Waals surface area contributed by atoms with Crippen molar-refractivity contribution in [3.8, 4) is 0 Å². The molecular formula is C15H16N4OS. The van der Waals surface area contributed by atoms with Crippen LogP contribution < -0.4 is 5.56 Å². The van der Waals surface area contributed by atoms with Crippen molar-refractivity contribution in [2.75, 3.05) is 0 Å². The molecule has 2 N–H and O–H groups in total. The first-order valence-corrected chi connectivity index (χ1v) is 8.03. The molecule has 0 radical (unpaired) electrons. The van der Waals surface area contributed by atoms with Gasteiger partial charge in [0.25, 0.3) is 5.56 Å². The maximum absolute atomic E-state index is 12.4. The number of hydrogen-bond donors (Lipinski definition) is 2. The molecule has 0 aromatic carbocycles. The van der Waals surface area contributed by atoms with Crippen LogP contribution in [0.4, 0.5) is 0 Å². The van der Waals surface area contributed by atoms with E-state index in [1.54, 1.807) is 17.5 Å². The molecule has 3 heterocycles. The third-order valence-electron chi connectivity index (χ3n) is 4.14. The summed E-state index contributed by atoms with van der Waals surface area (Å²) in [5.74, 6) is 1.41. The van der Waals surface area contributed by atoms with Crippen molar-refractivity contribution in [3.63, 3.8) is 0 Å². The minimum Gasteiger partial charge on any atom is -0.310 e. The lowest BCUT2D eigenvalue weighted by Crippen LogP contribution is -2.14. The van der Waals surface area contributed by atoms with Crippen LogP contribution in [0, 0.1) is 5.92 Å².